The number of aryl methyl sites for hydroxylation is 1. The van der Waals surface area contributed by atoms with Crippen molar-refractivity contribution < 1.29 is 0 Å². The third-order valence-electron chi connectivity index (χ3n) is 5.65. The molecule has 2 fully saturated rings. The molecule has 8 nitrogen and oxygen atoms in total. The molecular weight excluding hydrogens is 368 g/mol. The van der Waals surface area contributed by atoms with Gasteiger partial charge >= 0.3 is 5.69 Å². The van der Waals surface area contributed by atoms with Gasteiger partial charge in [-0.25, -0.2) is 4.79 Å². The lowest BCUT2D eigenvalue weighted by Crippen LogP contribution is -2.44. The number of halogens is 1. The maximum absolute atomic E-state index is 13.0. The number of anilines is 1. The van der Waals surface area contributed by atoms with E-state index in [1.165, 1.54) is 11.6 Å². The van der Waals surface area contributed by atoms with Gasteiger partial charge in [-0.3, -0.25) is 18.5 Å². The van der Waals surface area contributed by atoms with Gasteiger partial charge < -0.3 is 10.2 Å². The molecule has 3 aromatic rings. The summed E-state index contributed by atoms with van der Waals surface area (Å²) in [5.41, 5.74) is 0.636. The maximum Gasteiger partial charge on any atom is 0.332 e. The van der Waals surface area contributed by atoms with Crippen molar-refractivity contribution >= 4 is 28.7 Å². The first-order valence-corrected chi connectivity index (χ1v) is 9.28. The first-order valence-electron chi connectivity index (χ1n) is 8.90. The molecular formula is C18H19ClN6O2. The van der Waals surface area contributed by atoms with Crippen LogP contribution in [-0.4, -0.2) is 43.9 Å². The van der Waals surface area contributed by atoms with Gasteiger partial charge in [0.15, 0.2) is 11.2 Å². The summed E-state index contributed by atoms with van der Waals surface area (Å²) in [6.07, 6.45) is 1.04. The van der Waals surface area contributed by atoms with E-state index < -0.39 is 5.69 Å². The van der Waals surface area contributed by atoms with Crippen LogP contribution in [0.4, 0.5) is 5.95 Å². The number of hydrogen-bond donors (Lipinski definition) is 1. The minimum atomic E-state index is -0.396. The van der Waals surface area contributed by atoms with Crippen molar-refractivity contribution in [1.29, 1.82) is 0 Å². The van der Waals surface area contributed by atoms with Gasteiger partial charge in [0.1, 0.15) is 0 Å². The van der Waals surface area contributed by atoms with Crippen LogP contribution in [0.5, 0.6) is 0 Å². The fraction of sp³-hybridized carbons (Fsp3) is 0.389. The Morgan fingerprint density at radius 2 is 1.96 bits per heavy atom. The van der Waals surface area contributed by atoms with Gasteiger partial charge in [-0.15, -0.1) is 0 Å². The number of benzene rings is 1. The molecule has 4 heterocycles. The SMILES string of the molecule is Cn1c(=O)c2c(nc(N3C[C@@H]4C[C@H]3CN4)n2-c2ccccc2Cl)n(C)c1=O. The predicted molar refractivity (Wildman–Crippen MR) is 104 cm³/mol. The van der Waals surface area contributed by atoms with E-state index in [2.05, 4.69) is 10.2 Å². The Balaban J connectivity index is 1.90. The van der Waals surface area contributed by atoms with Crippen molar-refractivity contribution in [2.24, 2.45) is 14.1 Å². The van der Waals surface area contributed by atoms with E-state index in [4.69, 9.17) is 16.6 Å². The van der Waals surface area contributed by atoms with Crippen LogP contribution < -0.4 is 21.5 Å². The zero-order valence-electron chi connectivity index (χ0n) is 15.0. The molecule has 2 aromatic heterocycles. The summed E-state index contributed by atoms with van der Waals surface area (Å²) in [5, 5.41) is 4.00. The molecule has 1 N–H and O–H groups in total. The summed E-state index contributed by atoms with van der Waals surface area (Å²) < 4.78 is 4.33. The molecule has 2 aliphatic rings. The molecule has 0 amide bonds. The van der Waals surface area contributed by atoms with Crippen molar-refractivity contribution in [3.05, 3.63) is 50.1 Å². The smallest absolute Gasteiger partial charge is 0.332 e. The fourth-order valence-corrected chi connectivity index (χ4v) is 4.46. The normalized spacial score (nSPS) is 21.5. The average molecular weight is 387 g/mol. The molecule has 1 aromatic carbocycles. The topological polar surface area (TPSA) is 77.1 Å². The van der Waals surface area contributed by atoms with Crippen LogP contribution in [0.25, 0.3) is 16.9 Å². The van der Waals surface area contributed by atoms with Gasteiger partial charge in [-0.1, -0.05) is 23.7 Å². The Kier molecular flexibility index (Phi) is 3.50. The second kappa shape index (κ2) is 5.71. The van der Waals surface area contributed by atoms with Gasteiger partial charge in [0.05, 0.1) is 10.7 Å². The Labute approximate surface area is 159 Å². The lowest BCUT2D eigenvalue weighted by atomic mass is 10.2. The van der Waals surface area contributed by atoms with Crippen LogP contribution in [0, 0.1) is 0 Å². The molecule has 27 heavy (non-hydrogen) atoms. The Morgan fingerprint density at radius 3 is 2.63 bits per heavy atom. The molecule has 2 bridgehead atoms. The number of hydrogen-bond acceptors (Lipinski definition) is 5. The molecule has 2 aliphatic heterocycles. The molecule has 0 aliphatic carbocycles. The van der Waals surface area contributed by atoms with E-state index in [1.807, 2.05) is 18.2 Å². The number of rotatable bonds is 2. The van der Waals surface area contributed by atoms with Crippen molar-refractivity contribution in [2.75, 3.05) is 18.0 Å². The molecule has 0 radical (unpaired) electrons. The van der Waals surface area contributed by atoms with Crippen LogP contribution >= 0.6 is 11.6 Å². The van der Waals surface area contributed by atoms with Crippen LogP contribution in [0.15, 0.2) is 33.9 Å². The van der Waals surface area contributed by atoms with E-state index in [0.29, 0.717) is 39.9 Å². The predicted octanol–water partition coefficient (Wildman–Crippen LogP) is 0.627. The minimum Gasteiger partial charge on any atom is -0.336 e. The second-order valence-electron chi connectivity index (χ2n) is 7.22. The lowest BCUT2D eigenvalue weighted by Gasteiger charge is -2.29. The Bertz CT molecular complexity index is 1190. The van der Waals surface area contributed by atoms with Crippen LogP contribution in [0.1, 0.15) is 6.42 Å². The Morgan fingerprint density at radius 1 is 1.19 bits per heavy atom. The molecule has 5 rings (SSSR count). The van der Waals surface area contributed by atoms with Crippen LogP contribution in [-0.2, 0) is 14.1 Å². The lowest BCUT2D eigenvalue weighted by molar-refractivity contribution is 0.570. The summed E-state index contributed by atoms with van der Waals surface area (Å²) in [6.45, 7) is 1.69. The number of piperazine rings is 1. The number of aromatic nitrogens is 4. The zero-order chi connectivity index (χ0) is 18.9. The van der Waals surface area contributed by atoms with E-state index in [1.54, 1.807) is 17.7 Å². The highest BCUT2D eigenvalue weighted by Crippen LogP contribution is 2.34. The number of imidazole rings is 1. The quantitative estimate of drug-likeness (QED) is 0.699. The van der Waals surface area contributed by atoms with E-state index in [0.717, 1.165) is 24.1 Å². The van der Waals surface area contributed by atoms with E-state index in [9.17, 15) is 9.59 Å². The average Bonchev–Trinajstić information content (AvgIpc) is 3.38. The first-order chi connectivity index (χ1) is 13.0. The molecule has 9 heteroatoms. The number of para-hydroxylation sites is 1. The summed E-state index contributed by atoms with van der Waals surface area (Å²) in [5.74, 6) is 0.658. The second-order valence-corrected chi connectivity index (χ2v) is 7.63. The van der Waals surface area contributed by atoms with Gasteiger partial charge in [0.2, 0.25) is 5.95 Å². The molecule has 0 spiro atoms. The molecule has 0 saturated carbocycles. The monoisotopic (exact) mass is 386 g/mol. The number of nitrogens with one attached hydrogen (secondary N) is 1. The highest BCUT2D eigenvalue weighted by Gasteiger charge is 2.40. The van der Waals surface area contributed by atoms with Crippen molar-refractivity contribution in [2.45, 2.75) is 18.5 Å². The molecule has 2 saturated heterocycles. The summed E-state index contributed by atoms with van der Waals surface area (Å²) in [7, 11) is 3.12. The maximum atomic E-state index is 13.0. The summed E-state index contributed by atoms with van der Waals surface area (Å²) in [4.78, 5) is 32.4. The third-order valence-corrected chi connectivity index (χ3v) is 5.97. The van der Waals surface area contributed by atoms with Gasteiger partial charge in [-0.05, 0) is 18.6 Å². The summed E-state index contributed by atoms with van der Waals surface area (Å²) >= 11 is 6.48. The van der Waals surface area contributed by atoms with Gasteiger partial charge in [0, 0.05) is 39.3 Å². The van der Waals surface area contributed by atoms with Gasteiger partial charge in [0.25, 0.3) is 5.56 Å². The number of nitrogens with zero attached hydrogens (tertiary/aromatic N) is 5. The van der Waals surface area contributed by atoms with Crippen molar-refractivity contribution in [3.8, 4) is 5.69 Å². The highest BCUT2D eigenvalue weighted by molar-refractivity contribution is 6.32. The minimum absolute atomic E-state index is 0.314. The highest BCUT2D eigenvalue weighted by atomic mass is 35.5. The standard InChI is InChI=1S/C18H19ClN6O2/c1-22-15-14(16(26)23(2)18(22)27)25(13-6-4-3-5-12(13)19)17(21-15)24-9-10-7-11(24)8-20-10/h3-6,10-11,20H,7-9H2,1-2H3/t10-,11-/m0/s1. The van der Waals surface area contributed by atoms with Crippen LogP contribution in [0.2, 0.25) is 5.02 Å². The van der Waals surface area contributed by atoms with Crippen molar-refractivity contribution in [3.63, 3.8) is 0 Å². The van der Waals surface area contributed by atoms with E-state index in [-0.39, 0.29) is 5.56 Å². The first kappa shape index (κ1) is 16.6. The Hall–Kier alpha value is -2.58. The zero-order valence-corrected chi connectivity index (χ0v) is 15.8. The third kappa shape index (κ3) is 2.23. The molecule has 2 atom stereocenters. The summed E-state index contributed by atoms with van der Waals surface area (Å²) in [6, 6.07) is 8.11. The van der Waals surface area contributed by atoms with Crippen molar-refractivity contribution in [1.82, 2.24) is 24.0 Å². The van der Waals surface area contributed by atoms with Crippen LogP contribution in [0.3, 0.4) is 0 Å². The van der Waals surface area contributed by atoms with Gasteiger partial charge in [-0.2, -0.15) is 4.98 Å². The number of fused-ring (bicyclic) bond motifs is 3. The fourth-order valence-electron chi connectivity index (χ4n) is 4.24. The largest absolute Gasteiger partial charge is 0.336 e. The molecule has 140 valence electrons. The van der Waals surface area contributed by atoms with E-state index >= 15 is 0 Å². The molecule has 0 unspecified atom stereocenters.